The Bertz CT molecular complexity index is 126. The average molecular weight is 172 g/mol. The molecule has 1 saturated carbocycles. The van der Waals surface area contributed by atoms with Crippen LogP contribution >= 0.6 is 0 Å². The second-order valence-electron chi connectivity index (χ2n) is 3.98. The monoisotopic (exact) mass is 172 g/mol. The molecular weight excluding hydrogens is 152 g/mol. The van der Waals surface area contributed by atoms with Crippen LogP contribution < -0.4 is 0 Å². The van der Waals surface area contributed by atoms with Crippen LogP contribution in [-0.4, -0.2) is 19.0 Å². The molecule has 0 atom stereocenters. The Morgan fingerprint density at radius 3 is 2.17 bits per heavy atom. The Hall–Kier alpha value is -0.0800. The first-order chi connectivity index (χ1) is 5.64. The lowest BCUT2D eigenvalue weighted by Crippen LogP contribution is -2.33. The number of ether oxygens (including phenoxy) is 2. The van der Waals surface area contributed by atoms with Crippen LogP contribution in [0.1, 0.15) is 46.0 Å². The number of hydrogen-bond donors (Lipinski definition) is 0. The maximum absolute atomic E-state index is 5.81. The van der Waals surface area contributed by atoms with Gasteiger partial charge in [0, 0.05) is 7.11 Å². The molecular formula is C10H20O2. The van der Waals surface area contributed by atoms with Crippen molar-refractivity contribution in [3.05, 3.63) is 0 Å². The summed E-state index contributed by atoms with van der Waals surface area (Å²) in [7, 11) is 1.70. The standard InChI is InChI=1S/C10H20O2/c1-10(2,11-3)12-9-7-5-4-6-8-9/h9H,4-8H2,1-3H3. The van der Waals surface area contributed by atoms with Gasteiger partial charge in [0.2, 0.25) is 0 Å². The third-order valence-corrected chi connectivity index (χ3v) is 2.49. The minimum atomic E-state index is -0.401. The average Bonchev–Trinajstić information content (AvgIpc) is 2.06. The minimum absolute atomic E-state index is 0.401. The first-order valence-corrected chi connectivity index (χ1v) is 4.87. The van der Waals surface area contributed by atoms with Crippen molar-refractivity contribution in [2.45, 2.75) is 57.8 Å². The van der Waals surface area contributed by atoms with Crippen molar-refractivity contribution >= 4 is 0 Å². The Labute approximate surface area is 75.2 Å². The molecule has 1 fully saturated rings. The lowest BCUT2D eigenvalue weighted by atomic mass is 9.97. The molecule has 0 unspecified atom stereocenters. The summed E-state index contributed by atoms with van der Waals surface area (Å²) in [5.41, 5.74) is 0. The molecule has 0 aliphatic heterocycles. The molecule has 0 spiro atoms. The smallest absolute Gasteiger partial charge is 0.162 e. The van der Waals surface area contributed by atoms with Crippen LogP contribution in [0.25, 0.3) is 0 Å². The summed E-state index contributed by atoms with van der Waals surface area (Å²) in [6.07, 6.45) is 6.82. The van der Waals surface area contributed by atoms with E-state index in [4.69, 9.17) is 9.47 Å². The molecule has 72 valence electrons. The van der Waals surface area contributed by atoms with Crippen molar-refractivity contribution in [2.75, 3.05) is 7.11 Å². The zero-order valence-corrected chi connectivity index (χ0v) is 8.43. The van der Waals surface area contributed by atoms with E-state index in [2.05, 4.69) is 0 Å². The van der Waals surface area contributed by atoms with Crippen LogP contribution in [0.15, 0.2) is 0 Å². The van der Waals surface area contributed by atoms with E-state index in [1.165, 1.54) is 32.1 Å². The summed E-state index contributed by atoms with van der Waals surface area (Å²) in [5, 5.41) is 0. The van der Waals surface area contributed by atoms with Gasteiger partial charge in [0.05, 0.1) is 6.10 Å². The van der Waals surface area contributed by atoms with E-state index in [1.807, 2.05) is 13.8 Å². The number of methoxy groups -OCH3 is 1. The van der Waals surface area contributed by atoms with E-state index >= 15 is 0 Å². The van der Waals surface area contributed by atoms with Gasteiger partial charge in [-0.25, -0.2) is 0 Å². The Morgan fingerprint density at radius 2 is 1.67 bits per heavy atom. The topological polar surface area (TPSA) is 18.5 Å². The van der Waals surface area contributed by atoms with E-state index < -0.39 is 5.79 Å². The molecule has 0 aromatic carbocycles. The predicted octanol–water partition coefficient (Wildman–Crippen LogP) is 2.72. The van der Waals surface area contributed by atoms with Crippen molar-refractivity contribution in [3.8, 4) is 0 Å². The van der Waals surface area contributed by atoms with Gasteiger partial charge in [0.25, 0.3) is 0 Å². The van der Waals surface area contributed by atoms with Gasteiger partial charge >= 0.3 is 0 Å². The fourth-order valence-electron chi connectivity index (χ4n) is 1.63. The summed E-state index contributed by atoms with van der Waals surface area (Å²) < 4.78 is 11.0. The van der Waals surface area contributed by atoms with Crippen molar-refractivity contribution < 1.29 is 9.47 Å². The molecule has 1 aliphatic carbocycles. The van der Waals surface area contributed by atoms with Gasteiger partial charge in [0.15, 0.2) is 5.79 Å². The highest BCUT2D eigenvalue weighted by Crippen LogP contribution is 2.24. The van der Waals surface area contributed by atoms with Crippen LogP contribution in [0, 0.1) is 0 Å². The third-order valence-electron chi connectivity index (χ3n) is 2.49. The molecule has 2 heteroatoms. The van der Waals surface area contributed by atoms with Gasteiger partial charge in [-0.2, -0.15) is 0 Å². The minimum Gasteiger partial charge on any atom is -0.354 e. The first-order valence-electron chi connectivity index (χ1n) is 4.87. The van der Waals surface area contributed by atoms with Gasteiger partial charge in [0.1, 0.15) is 0 Å². The van der Waals surface area contributed by atoms with Gasteiger partial charge in [-0.15, -0.1) is 0 Å². The van der Waals surface area contributed by atoms with Crippen molar-refractivity contribution in [2.24, 2.45) is 0 Å². The highest BCUT2D eigenvalue weighted by Gasteiger charge is 2.24. The fraction of sp³-hybridized carbons (Fsp3) is 1.00. The van der Waals surface area contributed by atoms with Crippen LogP contribution in [0.2, 0.25) is 0 Å². The summed E-state index contributed by atoms with van der Waals surface area (Å²) in [6.45, 7) is 3.95. The molecule has 0 saturated heterocycles. The summed E-state index contributed by atoms with van der Waals surface area (Å²) in [4.78, 5) is 0. The molecule has 0 aromatic heterocycles. The van der Waals surface area contributed by atoms with E-state index in [1.54, 1.807) is 7.11 Å². The summed E-state index contributed by atoms with van der Waals surface area (Å²) >= 11 is 0. The van der Waals surface area contributed by atoms with Crippen molar-refractivity contribution in [3.63, 3.8) is 0 Å². The van der Waals surface area contributed by atoms with E-state index in [0.717, 1.165) is 0 Å². The highest BCUT2D eigenvalue weighted by molar-refractivity contribution is 4.68. The molecule has 0 N–H and O–H groups in total. The molecule has 0 aromatic rings. The Morgan fingerprint density at radius 1 is 1.08 bits per heavy atom. The van der Waals surface area contributed by atoms with Crippen LogP contribution in [-0.2, 0) is 9.47 Å². The van der Waals surface area contributed by atoms with Gasteiger partial charge in [-0.3, -0.25) is 0 Å². The molecule has 12 heavy (non-hydrogen) atoms. The second-order valence-corrected chi connectivity index (χ2v) is 3.98. The van der Waals surface area contributed by atoms with Gasteiger partial charge in [-0.1, -0.05) is 19.3 Å². The van der Waals surface area contributed by atoms with Crippen LogP contribution in [0.3, 0.4) is 0 Å². The molecule has 0 amide bonds. The van der Waals surface area contributed by atoms with Crippen molar-refractivity contribution in [1.82, 2.24) is 0 Å². The molecule has 0 bridgehead atoms. The molecule has 2 nitrogen and oxygen atoms in total. The number of rotatable bonds is 3. The zero-order valence-electron chi connectivity index (χ0n) is 8.43. The van der Waals surface area contributed by atoms with Gasteiger partial charge < -0.3 is 9.47 Å². The van der Waals surface area contributed by atoms with Crippen LogP contribution in [0.5, 0.6) is 0 Å². The van der Waals surface area contributed by atoms with E-state index in [-0.39, 0.29) is 0 Å². The van der Waals surface area contributed by atoms with E-state index in [0.29, 0.717) is 6.10 Å². The summed E-state index contributed by atoms with van der Waals surface area (Å²) in [6, 6.07) is 0. The lowest BCUT2D eigenvalue weighted by Gasteiger charge is -2.31. The normalized spacial score (nSPS) is 21.2. The predicted molar refractivity (Wildman–Crippen MR) is 49.0 cm³/mol. The van der Waals surface area contributed by atoms with Gasteiger partial charge in [-0.05, 0) is 26.7 Å². The zero-order chi connectivity index (χ0) is 9.03. The lowest BCUT2D eigenvalue weighted by molar-refractivity contribution is -0.227. The van der Waals surface area contributed by atoms with Crippen molar-refractivity contribution in [1.29, 1.82) is 0 Å². The Kier molecular flexibility index (Phi) is 3.53. The first kappa shape index (κ1) is 10.0. The molecule has 0 heterocycles. The second kappa shape index (κ2) is 4.24. The SMILES string of the molecule is COC(C)(C)OC1CCCCC1. The fourth-order valence-corrected chi connectivity index (χ4v) is 1.63. The summed E-state index contributed by atoms with van der Waals surface area (Å²) in [5.74, 6) is -0.401. The van der Waals surface area contributed by atoms with Crippen LogP contribution in [0.4, 0.5) is 0 Å². The maximum atomic E-state index is 5.81. The highest BCUT2D eigenvalue weighted by atomic mass is 16.7. The molecule has 1 aliphatic rings. The molecule has 0 radical (unpaired) electrons. The number of hydrogen-bond acceptors (Lipinski definition) is 2. The molecule has 1 rings (SSSR count). The largest absolute Gasteiger partial charge is 0.354 e. The third kappa shape index (κ3) is 3.11. The van der Waals surface area contributed by atoms with E-state index in [9.17, 15) is 0 Å². The Balaban J connectivity index is 2.28. The maximum Gasteiger partial charge on any atom is 0.162 e. The quantitative estimate of drug-likeness (QED) is 0.609.